The summed E-state index contributed by atoms with van der Waals surface area (Å²) in [6.07, 6.45) is 11.3. The van der Waals surface area contributed by atoms with E-state index in [1.54, 1.807) is 14.2 Å². The van der Waals surface area contributed by atoms with Gasteiger partial charge in [-0.15, -0.1) is 6.58 Å². The third-order valence-corrected chi connectivity index (χ3v) is 8.40. The highest BCUT2D eigenvalue weighted by molar-refractivity contribution is 5.52. The lowest BCUT2D eigenvalue weighted by Crippen LogP contribution is -2.55. The summed E-state index contributed by atoms with van der Waals surface area (Å²) in [5.74, 6) is 4.20. The topological polar surface area (TPSA) is 18.5 Å². The van der Waals surface area contributed by atoms with Gasteiger partial charge in [-0.25, -0.2) is 0 Å². The van der Waals surface area contributed by atoms with Crippen molar-refractivity contribution in [2.45, 2.75) is 64.2 Å². The van der Waals surface area contributed by atoms with Gasteiger partial charge in [0.25, 0.3) is 0 Å². The van der Waals surface area contributed by atoms with Gasteiger partial charge < -0.3 is 9.47 Å². The van der Waals surface area contributed by atoms with Crippen molar-refractivity contribution in [3.8, 4) is 11.5 Å². The van der Waals surface area contributed by atoms with Crippen LogP contribution in [0.1, 0.15) is 63.5 Å². The first kappa shape index (κ1) is 17.9. The minimum atomic E-state index is 0.226. The molecule has 0 aliphatic heterocycles. The molecule has 0 bridgehead atoms. The Morgan fingerprint density at radius 2 is 1.88 bits per heavy atom. The Labute approximate surface area is 159 Å². The quantitative estimate of drug-likeness (QED) is 0.627. The zero-order chi connectivity index (χ0) is 18.5. The molecule has 4 rings (SSSR count). The van der Waals surface area contributed by atoms with Crippen molar-refractivity contribution in [2.75, 3.05) is 14.2 Å². The molecule has 2 nitrogen and oxygen atoms in total. The van der Waals surface area contributed by atoms with Crippen molar-refractivity contribution >= 4 is 0 Å². The predicted molar refractivity (Wildman–Crippen MR) is 107 cm³/mol. The zero-order valence-electron chi connectivity index (χ0n) is 16.9. The maximum atomic E-state index is 5.75. The number of fused-ring (bicyclic) bond motifs is 5. The number of benzene rings is 1. The Bertz CT molecular complexity index is 708. The summed E-state index contributed by atoms with van der Waals surface area (Å²) in [5, 5.41) is 0. The summed E-state index contributed by atoms with van der Waals surface area (Å²) < 4.78 is 11.4. The van der Waals surface area contributed by atoms with E-state index in [0.29, 0.717) is 11.3 Å². The Kier molecular flexibility index (Phi) is 4.36. The molecule has 0 spiro atoms. The molecule has 0 amide bonds. The van der Waals surface area contributed by atoms with Crippen LogP contribution in [-0.4, -0.2) is 14.2 Å². The van der Waals surface area contributed by atoms with E-state index in [1.807, 2.05) is 0 Å². The fourth-order valence-corrected chi connectivity index (χ4v) is 7.16. The Morgan fingerprint density at radius 3 is 2.58 bits per heavy atom. The maximum Gasteiger partial charge on any atom is 0.126 e. The number of allylic oxidation sites excluding steroid dienone is 1. The van der Waals surface area contributed by atoms with E-state index in [2.05, 4.69) is 38.6 Å². The second kappa shape index (κ2) is 6.32. The third kappa shape index (κ3) is 2.37. The fraction of sp³-hybridized carbons (Fsp3) is 0.667. The lowest BCUT2D eigenvalue weighted by atomic mass is 9.43. The molecule has 0 N–H and O–H groups in total. The van der Waals surface area contributed by atoms with Gasteiger partial charge in [0, 0.05) is 6.07 Å². The highest BCUT2D eigenvalue weighted by Crippen LogP contribution is 2.65. The molecular weight excluding hydrogens is 320 g/mol. The van der Waals surface area contributed by atoms with Crippen LogP contribution in [0.15, 0.2) is 24.8 Å². The number of hydrogen-bond acceptors (Lipinski definition) is 2. The van der Waals surface area contributed by atoms with Crippen molar-refractivity contribution in [2.24, 2.45) is 23.2 Å². The lowest BCUT2D eigenvalue weighted by Gasteiger charge is -2.62. The van der Waals surface area contributed by atoms with Gasteiger partial charge in [0.1, 0.15) is 11.5 Å². The van der Waals surface area contributed by atoms with Gasteiger partial charge in [-0.1, -0.05) is 26.3 Å². The summed E-state index contributed by atoms with van der Waals surface area (Å²) in [7, 11) is 3.55. The summed E-state index contributed by atoms with van der Waals surface area (Å²) in [6, 6.07) is 4.37. The Morgan fingerprint density at radius 1 is 1.08 bits per heavy atom. The summed E-state index contributed by atoms with van der Waals surface area (Å²) >= 11 is 0. The fourth-order valence-electron chi connectivity index (χ4n) is 7.16. The van der Waals surface area contributed by atoms with Crippen LogP contribution in [0.25, 0.3) is 0 Å². The first-order valence-corrected chi connectivity index (χ1v) is 10.4. The van der Waals surface area contributed by atoms with Crippen molar-refractivity contribution in [3.63, 3.8) is 0 Å². The van der Waals surface area contributed by atoms with E-state index in [0.717, 1.165) is 29.8 Å². The van der Waals surface area contributed by atoms with Gasteiger partial charge in [-0.2, -0.15) is 0 Å². The van der Waals surface area contributed by atoms with Gasteiger partial charge in [0.2, 0.25) is 0 Å². The van der Waals surface area contributed by atoms with E-state index >= 15 is 0 Å². The number of hydrogen-bond donors (Lipinski definition) is 0. The molecule has 0 heterocycles. The summed E-state index contributed by atoms with van der Waals surface area (Å²) in [5.41, 5.74) is 3.57. The molecule has 0 saturated heterocycles. The molecule has 0 aromatic heterocycles. The number of rotatable bonds is 3. The van der Waals surface area contributed by atoms with Crippen LogP contribution < -0.4 is 9.47 Å². The van der Waals surface area contributed by atoms with E-state index in [-0.39, 0.29) is 5.41 Å². The molecular formula is C24H34O2. The highest BCUT2D eigenvalue weighted by atomic mass is 16.5. The minimum Gasteiger partial charge on any atom is -0.497 e. The van der Waals surface area contributed by atoms with Crippen LogP contribution in [0, 0.1) is 23.2 Å². The molecule has 2 fully saturated rings. The number of ether oxygens (including phenoxy) is 2. The van der Waals surface area contributed by atoms with Crippen LogP contribution in [0.3, 0.4) is 0 Å². The molecule has 2 saturated carbocycles. The molecule has 1 aromatic carbocycles. The minimum absolute atomic E-state index is 0.226. The van der Waals surface area contributed by atoms with Crippen LogP contribution in [0.5, 0.6) is 11.5 Å². The SMILES string of the molecule is C=C[C@@H]1CCC[C@]2(C)[C@H]3CCc4c(OC)cc(OC)cc4[C@]3(C)CC[C@@H]12. The molecule has 3 aliphatic carbocycles. The first-order valence-electron chi connectivity index (χ1n) is 10.4. The highest BCUT2D eigenvalue weighted by Gasteiger charge is 2.57. The van der Waals surface area contributed by atoms with Gasteiger partial charge in [-0.05, 0) is 84.3 Å². The van der Waals surface area contributed by atoms with Crippen LogP contribution >= 0.6 is 0 Å². The monoisotopic (exact) mass is 354 g/mol. The van der Waals surface area contributed by atoms with Gasteiger partial charge in [0.05, 0.1) is 14.2 Å². The van der Waals surface area contributed by atoms with Gasteiger partial charge in [0.15, 0.2) is 0 Å². The zero-order valence-corrected chi connectivity index (χ0v) is 16.9. The average molecular weight is 355 g/mol. The molecule has 0 radical (unpaired) electrons. The number of methoxy groups -OCH3 is 2. The van der Waals surface area contributed by atoms with Crippen molar-refractivity contribution < 1.29 is 9.47 Å². The van der Waals surface area contributed by atoms with Crippen LogP contribution in [0.4, 0.5) is 0 Å². The standard InChI is InChI=1S/C24H34O2/c1-6-16-8-7-12-23(2)19(16)11-13-24(3)20-14-17(25-4)15-21(26-5)18(20)9-10-22(23)24/h6,14-16,19,22H,1,7-13H2,2-5H3/t16-,19+,22-,23+,24+/m1/s1. The average Bonchev–Trinajstić information content (AvgIpc) is 2.65. The van der Waals surface area contributed by atoms with Gasteiger partial charge >= 0.3 is 0 Å². The van der Waals surface area contributed by atoms with E-state index < -0.39 is 0 Å². The molecule has 0 unspecified atom stereocenters. The summed E-state index contributed by atoms with van der Waals surface area (Å²) in [6.45, 7) is 9.29. The van der Waals surface area contributed by atoms with Crippen LogP contribution in [-0.2, 0) is 11.8 Å². The summed E-state index contributed by atoms with van der Waals surface area (Å²) in [4.78, 5) is 0. The second-order valence-electron chi connectivity index (χ2n) is 9.31. The van der Waals surface area contributed by atoms with E-state index in [4.69, 9.17) is 9.47 Å². The Balaban J connectivity index is 1.82. The van der Waals surface area contributed by atoms with Crippen molar-refractivity contribution in [1.82, 2.24) is 0 Å². The molecule has 142 valence electrons. The molecule has 5 atom stereocenters. The molecule has 2 heteroatoms. The maximum absolute atomic E-state index is 5.75. The van der Waals surface area contributed by atoms with Crippen molar-refractivity contribution in [1.29, 1.82) is 0 Å². The normalized spacial score (nSPS) is 38.5. The molecule has 3 aliphatic rings. The molecule has 26 heavy (non-hydrogen) atoms. The van der Waals surface area contributed by atoms with Crippen LogP contribution in [0.2, 0.25) is 0 Å². The smallest absolute Gasteiger partial charge is 0.126 e. The predicted octanol–water partition coefficient (Wildman–Crippen LogP) is 5.93. The van der Waals surface area contributed by atoms with E-state index in [1.165, 1.54) is 49.7 Å². The van der Waals surface area contributed by atoms with Gasteiger partial charge in [-0.3, -0.25) is 0 Å². The van der Waals surface area contributed by atoms with Crippen molar-refractivity contribution in [3.05, 3.63) is 35.9 Å². The lowest BCUT2D eigenvalue weighted by molar-refractivity contribution is -0.0719. The Hall–Kier alpha value is -1.44. The third-order valence-electron chi connectivity index (χ3n) is 8.40. The second-order valence-corrected chi connectivity index (χ2v) is 9.31. The first-order chi connectivity index (χ1) is 12.5. The molecule has 1 aromatic rings. The van der Waals surface area contributed by atoms with E-state index in [9.17, 15) is 0 Å². The largest absolute Gasteiger partial charge is 0.497 e.